The number of hydrogen-bond acceptors (Lipinski definition) is 1. The van der Waals surface area contributed by atoms with Gasteiger partial charge in [0.2, 0.25) is 5.91 Å². The van der Waals surface area contributed by atoms with Crippen LogP contribution in [0, 0.1) is 5.92 Å². The molecule has 15 heavy (non-hydrogen) atoms. The first-order valence-electron chi connectivity index (χ1n) is 5.20. The summed E-state index contributed by atoms with van der Waals surface area (Å²) in [6, 6.07) is 9.49. The van der Waals surface area contributed by atoms with E-state index in [1.54, 1.807) is 0 Å². The highest BCUT2D eigenvalue weighted by Gasteiger charge is 1.98. The highest BCUT2D eigenvalue weighted by molar-refractivity contribution is 5.91. The lowest BCUT2D eigenvalue weighted by atomic mass is 10.2. The zero-order chi connectivity index (χ0) is 11.1. The van der Waals surface area contributed by atoms with Crippen molar-refractivity contribution < 1.29 is 4.79 Å². The Morgan fingerprint density at radius 3 is 2.60 bits per heavy atom. The molecule has 0 saturated heterocycles. The third kappa shape index (κ3) is 5.01. The second-order valence-corrected chi connectivity index (χ2v) is 3.79. The molecular formula is C13H17NO. The lowest BCUT2D eigenvalue weighted by molar-refractivity contribution is -0.115. The van der Waals surface area contributed by atoms with Crippen LogP contribution in [0.2, 0.25) is 0 Å². The fraction of sp³-hybridized carbons (Fsp3) is 0.308. The van der Waals surface area contributed by atoms with Crippen molar-refractivity contribution in [2.24, 2.45) is 5.92 Å². The van der Waals surface area contributed by atoms with Gasteiger partial charge in [0.1, 0.15) is 0 Å². The molecule has 1 N–H and O–H groups in total. The molecule has 0 aliphatic carbocycles. The van der Waals surface area contributed by atoms with Crippen molar-refractivity contribution in [3.63, 3.8) is 0 Å². The van der Waals surface area contributed by atoms with Crippen LogP contribution in [0.1, 0.15) is 20.3 Å². The van der Waals surface area contributed by atoms with Gasteiger partial charge in [-0.15, -0.1) is 0 Å². The molecule has 0 heterocycles. The van der Waals surface area contributed by atoms with E-state index >= 15 is 0 Å². The van der Waals surface area contributed by atoms with Gasteiger partial charge in [-0.25, -0.2) is 0 Å². The van der Waals surface area contributed by atoms with Crippen LogP contribution in [-0.2, 0) is 4.79 Å². The molecule has 0 saturated carbocycles. The minimum atomic E-state index is 0.0260. The van der Waals surface area contributed by atoms with Gasteiger partial charge in [0.15, 0.2) is 0 Å². The van der Waals surface area contributed by atoms with Crippen LogP contribution in [0.5, 0.6) is 0 Å². The summed E-state index contributed by atoms with van der Waals surface area (Å²) in [4.78, 5) is 11.4. The summed E-state index contributed by atoms with van der Waals surface area (Å²) in [5.41, 5.74) is 0.848. The summed E-state index contributed by atoms with van der Waals surface area (Å²) in [5, 5.41) is 2.83. The Labute approximate surface area is 91.0 Å². The van der Waals surface area contributed by atoms with Crippen LogP contribution in [0.15, 0.2) is 42.5 Å². The van der Waals surface area contributed by atoms with Crippen LogP contribution < -0.4 is 5.32 Å². The summed E-state index contributed by atoms with van der Waals surface area (Å²) < 4.78 is 0. The van der Waals surface area contributed by atoms with E-state index < -0.39 is 0 Å². The number of carbonyl (C=O) groups is 1. The van der Waals surface area contributed by atoms with Crippen molar-refractivity contribution in [1.29, 1.82) is 0 Å². The number of nitrogens with one attached hydrogen (secondary N) is 1. The average molecular weight is 203 g/mol. The van der Waals surface area contributed by atoms with E-state index in [4.69, 9.17) is 0 Å². The topological polar surface area (TPSA) is 29.1 Å². The van der Waals surface area contributed by atoms with Crippen molar-refractivity contribution in [2.45, 2.75) is 20.3 Å². The van der Waals surface area contributed by atoms with E-state index in [1.165, 1.54) is 0 Å². The van der Waals surface area contributed by atoms with Crippen molar-refractivity contribution in [1.82, 2.24) is 0 Å². The second kappa shape index (κ2) is 6.02. The third-order valence-electron chi connectivity index (χ3n) is 1.88. The maximum atomic E-state index is 11.4. The maximum absolute atomic E-state index is 11.4. The lowest BCUT2D eigenvalue weighted by Gasteiger charge is -2.02. The Morgan fingerprint density at radius 1 is 1.33 bits per heavy atom. The highest BCUT2D eigenvalue weighted by atomic mass is 16.1. The lowest BCUT2D eigenvalue weighted by Crippen LogP contribution is -2.09. The third-order valence-corrected chi connectivity index (χ3v) is 1.88. The Balaban J connectivity index is 2.37. The zero-order valence-corrected chi connectivity index (χ0v) is 9.23. The highest BCUT2D eigenvalue weighted by Crippen LogP contribution is 2.05. The maximum Gasteiger partial charge on any atom is 0.228 e. The smallest absolute Gasteiger partial charge is 0.228 e. The normalized spacial score (nSPS) is 10.9. The van der Waals surface area contributed by atoms with Gasteiger partial charge >= 0.3 is 0 Å². The molecule has 2 nitrogen and oxygen atoms in total. The molecule has 0 radical (unpaired) electrons. The van der Waals surface area contributed by atoms with Crippen molar-refractivity contribution in [3.05, 3.63) is 42.5 Å². The zero-order valence-electron chi connectivity index (χ0n) is 9.23. The first kappa shape index (κ1) is 11.5. The summed E-state index contributed by atoms with van der Waals surface area (Å²) in [6.07, 6.45) is 4.38. The SMILES string of the molecule is CC(C)/C=C/CC(=O)Nc1ccccc1. The molecule has 0 aliphatic rings. The van der Waals surface area contributed by atoms with Crippen LogP contribution in [-0.4, -0.2) is 5.91 Å². The Hall–Kier alpha value is -1.57. The van der Waals surface area contributed by atoms with Gasteiger partial charge < -0.3 is 5.32 Å². The molecule has 0 aliphatic heterocycles. The number of anilines is 1. The standard InChI is InChI=1S/C13H17NO/c1-11(2)7-6-10-13(15)14-12-8-4-3-5-9-12/h3-9,11H,10H2,1-2H3,(H,14,15)/b7-6+. The molecule has 0 aromatic heterocycles. The molecule has 0 spiro atoms. The number of benzene rings is 1. The number of carbonyl (C=O) groups excluding carboxylic acids is 1. The van der Waals surface area contributed by atoms with Gasteiger partial charge in [-0.2, -0.15) is 0 Å². The van der Waals surface area contributed by atoms with Gasteiger partial charge in [-0.1, -0.05) is 44.2 Å². The molecule has 1 rings (SSSR count). The molecule has 80 valence electrons. The van der Waals surface area contributed by atoms with Crippen LogP contribution in [0.3, 0.4) is 0 Å². The first-order chi connectivity index (χ1) is 7.18. The number of amides is 1. The van der Waals surface area contributed by atoms with Crippen LogP contribution >= 0.6 is 0 Å². The molecular weight excluding hydrogens is 186 g/mol. The van der Waals surface area contributed by atoms with Gasteiger partial charge in [-0.3, -0.25) is 4.79 Å². The van der Waals surface area contributed by atoms with Gasteiger partial charge in [-0.05, 0) is 18.1 Å². The number of hydrogen-bond donors (Lipinski definition) is 1. The van der Waals surface area contributed by atoms with E-state index in [0.717, 1.165) is 5.69 Å². The van der Waals surface area contributed by atoms with Crippen molar-refractivity contribution in [2.75, 3.05) is 5.32 Å². The van der Waals surface area contributed by atoms with Crippen molar-refractivity contribution >= 4 is 11.6 Å². The quantitative estimate of drug-likeness (QED) is 0.748. The minimum Gasteiger partial charge on any atom is -0.326 e. The van der Waals surface area contributed by atoms with Crippen LogP contribution in [0.25, 0.3) is 0 Å². The van der Waals surface area contributed by atoms with E-state index in [9.17, 15) is 4.79 Å². The van der Waals surface area contributed by atoms with Gasteiger partial charge in [0, 0.05) is 12.1 Å². The molecule has 1 aromatic rings. The fourth-order valence-electron chi connectivity index (χ4n) is 1.18. The second-order valence-electron chi connectivity index (χ2n) is 3.79. The van der Waals surface area contributed by atoms with E-state index in [-0.39, 0.29) is 5.91 Å². The summed E-state index contributed by atoms with van der Waals surface area (Å²) in [5.74, 6) is 0.521. The molecule has 0 bridgehead atoms. The van der Waals surface area contributed by atoms with E-state index in [2.05, 4.69) is 19.2 Å². The fourth-order valence-corrected chi connectivity index (χ4v) is 1.18. The summed E-state index contributed by atoms with van der Waals surface area (Å²) >= 11 is 0. The monoisotopic (exact) mass is 203 g/mol. The van der Waals surface area contributed by atoms with Gasteiger partial charge in [0.05, 0.1) is 0 Å². The predicted octanol–water partition coefficient (Wildman–Crippen LogP) is 3.23. The van der Waals surface area contributed by atoms with Crippen molar-refractivity contribution in [3.8, 4) is 0 Å². The number of para-hydroxylation sites is 1. The molecule has 1 amide bonds. The predicted molar refractivity (Wildman–Crippen MR) is 63.7 cm³/mol. The molecule has 0 unspecified atom stereocenters. The first-order valence-corrected chi connectivity index (χ1v) is 5.20. The van der Waals surface area contributed by atoms with E-state index in [1.807, 2.05) is 42.5 Å². The molecule has 2 heteroatoms. The van der Waals surface area contributed by atoms with Crippen LogP contribution in [0.4, 0.5) is 5.69 Å². The Kier molecular flexibility index (Phi) is 4.61. The average Bonchev–Trinajstić information content (AvgIpc) is 2.18. The van der Waals surface area contributed by atoms with Gasteiger partial charge in [0.25, 0.3) is 0 Å². The molecule has 1 aromatic carbocycles. The summed E-state index contributed by atoms with van der Waals surface area (Å²) in [7, 11) is 0. The largest absolute Gasteiger partial charge is 0.326 e. The Morgan fingerprint density at radius 2 is 2.00 bits per heavy atom. The minimum absolute atomic E-state index is 0.0260. The molecule has 0 atom stereocenters. The number of rotatable bonds is 4. The number of allylic oxidation sites excluding steroid dienone is 1. The summed E-state index contributed by atoms with van der Waals surface area (Å²) in [6.45, 7) is 4.18. The Bertz CT molecular complexity index is 328. The molecule has 0 fully saturated rings. The van der Waals surface area contributed by atoms with E-state index in [0.29, 0.717) is 12.3 Å².